The Morgan fingerprint density at radius 1 is 0.964 bits per heavy atom. The normalized spacial score (nSPS) is 14.7. The molecule has 4 rings (SSSR count). The van der Waals surface area contributed by atoms with Crippen LogP contribution in [0.4, 0.5) is 24.5 Å². The van der Waals surface area contributed by atoms with Crippen molar-refractivity contribution in [2.45, 2.75) is 32.5 Å². The fourth-order valence-electron chi connectivity index (χ4n) is 3.61. The molecule has 0 spiro atoms. The summed E-state index contributed by atoms with van der Waals surface area (Å²) in [5.41, 5.74) is 5.57. The van der Waals surface area contributed by atoms with Crippen molar-refractivity contribution in [1.82, 2.24) is 9.99 Å². The number of fused-ring (bicyclic) bond motifs is 1. The Morgan fingerprint density at radius 3 is 2.32 bits per heavy atom. The average molecular weight is 385 g/mol. The van der Waals surface area contributed by atoms with Crippen molar-refractivity contribution in [1.29, 1.82) is 0 Å². The predicted octanol–water partition coefficient (Wildman–Crippen LogP) is 6.24. The zero-order valence-electron chi connectivity index (χ0n) is 15.8. The molecule has 0 aliphatic carbocycles. The lowest BCUT2D eigenvalue weighted by Crippen LogP contribution is -2.40. The Morgan fingerprint density at radius 2 is 1.68 bits per heavy atom. The molecule has 0 saturated carbocycles. The van der Waals surface area contributed by atoms with Crippen LogP contribution in [0.3, 0.4) is 0 Å². The SMILES string of the molecule is CC(C)c1ccc(-c2ccc(N3c4ccccc4CN3CC(F)(F)F)cc2)[nH]1. The Labute approximate surface area is 162 Å². The molecule has 0 amide bonds. The third-order valence-electron chi connectivity index (χ3n) is 4.97. The standard InChI is InChI=1S/C22H22F3N3/c1-15(2)19-11-12-20(26-19)16-7-9-18(10-8-16)28-21-6-4-3-5-17(21)13-27(28)14-22(23,24)25/h3-12,15,26H,13-14H2,1-2H3. The van der Waals surface area contributed by atoms with Gasteiger partial charge in [0, 0.05) is 17.9 Å². The summed E-state index contributed by atoms with van der Waals surface area (Å²) in [7, 11) is 0. The van der Waals surface area contributed by atoms with Gasteiger partial charge in [0.05, 0.1) is 11.4 Å². The van der Waals surface area contributed by atoms with Gasteiger partial charge in [0.25, 0.3) is 0 Å². The van der Waals surface area contributed by atoms with Crippen LogP contribution in [0.1, 0.15) is 31.0 Å². The number of aromatic amines is 1. The number of hydrogen-bond acceptors (Lipinski definition) is 2. The molecule has 6 heteroatoms. The lowest BCUT2D eigenvalue weighted by Gasteiger charge is -2.31. The first-order valence-electron chi connectivity index (χ1n) is 9.31. The van der Waals surface area contributed by atoms with E-state index < -0.39 is 12.7 Å². The summed E-state index contributed by atoms with van der Waals surface area (Å²) >= 11 is 0. The van der Waals surface area contributed by atoms with Gasteiger partial charge in [0.1, 0.15) is 6.54 Å². The molecule has 2 aromatic carbocycles. The van der Waals surface area contributed by atoms with Gasteiger partial charge in [-0.1, -0.05) is 44.2 Å². The van der Waals surface area contributed by atoms with Gasteiger partial charge in [-0.05, 0) is 47.4 Å². The van der Waals surface area contributed by atoms with Crippen molar-refractivity contribution in [3.05, 3.63) is 71.9 Å². The molecule has 28 heavy (non-hydrogen) atoms. The van der Waals surface area contributed by atoms with E-state index in [0.717, 1.165) is 28.2 Å². The van der Waals surface area contributed by atoms with Crippen molar-refractivity contribution in [3.8, 4) is 11.3 Å². The van der Waals surface area contributed by atoms with Gasteiger partial charge >= 0.3 is 6.18 Å². The first-order chi connectivity index (χ1) is 13.3. The van der Waals surface area contributed by atoms with Gasteiger partial charge in [-0.15, -0.1) is 0 Å². The molecule has 0 radical (unpaired) electrons. The number of para-hydroxylation sites is 1. The van der Waals surface area contributed by atoms with Crippen LogP contribution in [0.5, 0.6) is 0 Å². The molecule has 1 aliphatic rings. The minimum absolute atomic E-state index is 0.242. The molecule has 1 aliphatic heterocycles. The van der Waals surface area contributed by atoms with E-state index in [1.165, 1.54) is 5.01 Å². The monoisotopic (exact) mass is 385 g/mol. The fraction of sp³-hybridized carbons (Fsp3) is 0.273. The molecule has 0 fully saturated rings. The van der Waals surface area contributed by atoms with Crippen LogP contribution in [0, 0.1) is 0 Å². The minimum Gasteiger partial charge on any atom is -0.358 e. The molecule has 1 N–H and O–H groups in total. The number of anilines is 2. The maximum absolute atomic E-state index is 13.1. The zero-order valence-corrected chi connectivity index (χ0v) is 15.8. The molecule has 0 bridgehead atoms. The number of hydrogen-bond donors (Lipinski definition) is 1. The predicted molar refractivity (Wildman–Crippen MR) is 105 cm³/mol. The number of H-pyrrole nitrogens is 1. The largest absolute Gasteiger partial charge is 0.403 e. The average Bonchev–Trinajstić information content (AvgIpc) is 3.25. The molecular weight excluding hydrogens is 363 g/mol. The lowest BCUT2D eigenvalue weighted by atomic mass is 10.1. The Hall–Kier alpha value is -2.73. The zero-order chi connectivity index (χ0) is 19.9. The minimum atomic E-state index is -4.27. The van der Waals surface area contributed by atoms with Gasteiger partial charge in [0.2, 0.25) is 0 Å². The van der Waals surface area contributed by atoms with E-state index in [9.17, 15) is 13.2 Å². The summed E-state index contributed by atoms with van der Waals surface area (Å²) in [6.45, 7) is 3.50. The van der Waals surface area contributed by atoms with E-state index >= 15 is 0 Å². The Balaban J connectivity index is 1.65. The van der Waals surface area contributed by atoms with Crippen molar-refractivity contribution in [2.75, 3.05) is 11.6 Å². The summed E-state index contributed by atoms with van der Waals surface area (Å²) in [4.78, 5) is 3.40. The third kappa shape index (κ3) is 3.64. The van der Waals surface area contributed by atoms with Crippen LogP contribution < -0.4 is 5.01 Å². The molecule has 0 saturated heterocycles. The molecule has 2 heterocycles. The third-order valence-corrected chi connectivity index (χ3v) is 4.97. The summed E-state index contributed by atoms with van der Waals surface area (Å²) in [5, 5.41) is 3.01. The second-order valence-electron chi connectivity index (χ2n) is 7.41. The first-order valence-corrected chi connectivity index (χ1v) is 9.31. The molecular formula is C22H22F3N3. The van der Waals surface area contributed by atoms with E-state index in [4.69, 9.17) is 0 Å². The van der Waals surface area contributed by atoms with Crippen LogP contribution in [-0.4, -0.2) is 22.7 Å². The number of alkyl halides is 3. The highest BCUT2D eigenvalue weighted by Crippen LogP contribution is 2.39. The molecule has 0 atom stereocenters. The van der Waals surface area contributed by atoms with Gasteiger partial charge < -0.3 is 4.98 Å². The highest BCUT2D eigenvalue weighted by atomic mass is 19.4. The first kappa shape index (κ1) is 18.6. The maximum Gasteiger partial charge on any atom is 0.403 e. The molecule has 0 unspecified atom stereocenters. The number of benzene rings is 2. The smallest absolute Gasteiger partial charge is 0.358 e. The van der Waals surface area contributed by atoms with E-state index in [1.807, 2.05) is 54.6 Å². The van der Waals surface area contributed by atoms with Crippen molar-refractivity contribution >= 4 is 11.4 Å². The van der Waals surface area contributed by atoms with Crippen LogP contribution >= 0.6 is 0 Å². The van der Waals surface area contributed by atoms with E-state index in [0.29, 0.717) is 11.6 Å². The summed E-state index contributed by atoms with van der Waals surface area (Å²) < 4.78 is 39.3. The van der Waals surface area contributed by atoms with E-state index in [-0.39, 0.29) is 6.54 Å². The van der Waals surface area contributed by atoms with E-state index in [2.05, 4.69) is 24.9 Å². The van der Waals surface area contributed by atoms with Crippen LogP contribution in [0.25, 0.3) is 11.3 Å². The second kappa shape index (κ2) is 7.02. The number of nitrogens with zero attached hydrogens (tertiary/aromatic N) is 2. The quantitative estimate of drug-likeness (QED) is 0.575. The van der Waals surface area contributed by atoms with Crippen LogP contribution in [-0.2, 0) is 6.54 Å². The number of nitrogens with one attached hydrogen (secondary N) is 1. The highest BCUT2D eigenvalue weighted by Gasteiger charge is 2.37. The summed E-state index contributed by atoms with van der Waals surface area (Å²) in [6.07, 6.45) is -4.27. The topological polar surface area (TPSA) is 22.3 Å². The molecule has 3 nitrogen and oxygen atoms in total. The second-order valence-corrected chi connectivity index (χ2v) is 7.41. The Kier molecular flexibility index (Phi) is 4.67. The summed E-state index contributed by atoms with van der Waals surface area (Å²) in [6, 6.07) is 19.2. The molecule has 146 valence electrons. The van der Waals surface area contributed by atoms with E-state index in [1.54, 1.807) is 5.01 Å². The maximum atomic E-state index is 13.1. The van der Waals surface area contributed by atoms with Gasteiger partial charge in [0.15, 0.2) is 0 Å². The van der Waals surface area contributed by atoms with Gasteiger partial charge in [-0.3, -0.25) is 5.01 Å². The number of halogens is 3. The van der Waals surface area contributed by atoms with Crippen LogP contribution in [0.15, 0.2) is 60.7 Å². The van der Waals surface area contributed by atoms with Crippen molar-refractivity contribution in [2.24, 2.45) is 0 Å². The van der Waals surface area contributed by atoms with Crippen LogP contribution in [0.2, 0.25) is 0 Å². The fourth-order valence-corrected chi connectivity index (χ4v) is 3.61. The lowest BCUT2D eigenvalue weighted by molar-refractivity contribution is -0.146. The molecule has 3 aromatic rings. The summed E-state index contributed by atoms with van der Waals surface area (Å²) in [5.74, 6) is 0.407. The van der Waals surface area contributed by atoms with Gasteiger partial charge in [-0.25, -0.2) is 5.01 Å². The highest BCUT2D eigenvalue weighted by molar-refractivity contribution is 5.71. The Bertz CT molecular complexity index is 958. The van der Waals surface area contributed by atoms with Crippen molar-refractivity contribution < 1.29 is 13.2 Å². The molecule has 1 aromatic heterocycles. The number of rotatable bonds is 4. The number of aromatic nitrogens is 1. The van der Waals surface area contributed by atoms with Gasteiger partial charge in [-0.2, -0.15) is 13.2 Å². The number of hydrazine groups is 1. The van der Waals surface area contributed by atoms with Crippen molar-refractivity contribution in [3.63, 3.8) is 0 Å².